The van der Waals surface area contributed by atoms with Gasteiger partial charge in [0.05, 0.1) is 25.1 Å². The number of methoxy groups -OCH3 is 1. The summed E-state index contributed by atoms with van der Waals surface area (Å²) in [5.41, 5.74) is 0.676. The van der Waals surface area contributed by atoms with Crippen LogP contribution in [0.15, 0.2) is 52.4 Å². The SMILES string of the molecule is CCOc1cc(-c2nc(SC)[nH]c(=O)c2C#N)ccc1OCC(=O)Nc1ccccc1OC. The number of carbonyl (C=O) groups is 1. The van der Waals surface area contributed by atoms with Crippen molar-refractivity contribution in [1.82, 2.24) is 9.97 Å². The van der Waals surface area contributed by atoms with E-state index >= 15 is 0 Å². The lowest BCUT2D eigenvalue weighted by Crippen LogP contribution is -2.20. The zero-order valence-corrected chi connectivity index (χ0v) is 19.1. The Hall–Kier alpha value is -3.97. The van der Waals surface area contributed by atoms with Crippen LogP contribution in [0.1, 0.15) is 12.5 Å². The standard InChI is InChI=1S/C23H22N4O5S/c1-4-31-19-11-14(21-15(12-24)22(29)27-23(26-21)33-3)9-10-18(19)32-13-20(28)25-16-7-5-6-8-17(16)30-2/h5-11H,4,13H2,1-3H3,(H,25,28)(H,26,27,29). The van der Waals surface area contributed by atoms with Crippen molar-refractivity contribution in [2.45, 2.75) is 12.1 Å². The quantitative estimate of drug-likeness (QED) is 0.363. The number of thioether (sulfide) groups is 1. The molecule has 1 heterocycles. The molecule has 0 aliphatic heterocycles. The minimum Gasteiger partial charge on any atom is -0.495 e. The second-order valence-corrected chi connectivity index (χ2v) is 7.34. The minimum atomic E-state index is -0.516. The van der Waals surface area contributed by atoms with Crippen molar-refractivity contribution in [2.24, 2.45) is 0 Å². The highest BCUT2D eigenvalue weighted by molar-refractivity contribution is 7.98. The van der Waals surface area contributed by atoms with E-state index in [9.17, 15) is 14.9 Å². The van der Waals surface area contributed by atoms with Gasteiger partial charge >= 0.3 is 0 Å². The second kappa shape index (κ2) is 11.1. The largest absolute Gasteiger partial charge is 0.495 e. The molecule has 3 rings (SSSR count). The van der Waals surface area contributed by atoms with E-state index in [4.69, 9.17) is 14.2 Å². The Morgan fingerprint density at radius 3 is 2.67 bits per heavy atom. The van der Waals surface area contributed by atoms with Crippen LogP contribution in [0.25, 0.3) is 11.3 Å². The Labute approximate surface area is 194 Å². The number of hydrogen-bond acceptors (Lipinski definition) is 8. The zero-order chi connectivity index (χ0) is 23.8. The molecule has 33 heavy (non-hydrogen) atoms. The molecule has 0 radical (unpaired) electrons. The van der Waals surface area contributed by atoms with Crippen LogP contribution in [-0.2, 0) is 4.79 Å². The summed E-state index contributed by atoms with van der Waals surface area (Å²) in [5.74, 6) is 0.855. The summed E-state index contributed by atoms with van der Waals surface area (Å²) in [4.78, 5) is 31.6. The topological polar surface area (TPSA) is 126 Å². The molecule has 0 aliphatic carbocycles. The third kappa shape index (κ3) is 5.64. The average Bonchev–Trinajstić information content (AvgIpc) is 2.83. The van der Waals surface area contributed by atoms with Gasteiger partial charge in [0.15, 0.2) is 23.3 Å². The van der Waals surface area contributed by atoms with Gasteiger partial charge in [0.2, 0.25) is 0 Å². The van der Waals surface area contributed by atoms with Crippen LogP contribution >= 0.6 is 11.8 Å². The number of benzene rings is 2. The predicted molar refractivity (Wildman–Crippen MR) is 125 cm³/mol. The van der Waals surface area contributed by atoms with Gasteiger partial charge in [-0.1, -0.05) is 23.9 Å². The molecule has 10 heteroatoms. The number of ether oxygens (including phenoxy) is 3. The van der Waals surface area contributed by atoms with Gasteiger partial charge < -0.3 is 24.5 Å². The highest BCUT2D eigenvalue weighted by atomic mass is 32.2. The van der Waals surface area contributed by atoms with Crippen molar-refractivity contribution < 1.29 is 19.0 Å². The van der Waals surface area contributed by atoms with Gasteiger partial charge in [-0.15, -0.1) is 0 Å². The van der Waals surface area contributed by atoms with Crippen LogP contribution in [0.5, 0.6) is 17.2 Å². The summed E-state index contributed by atoms with van der Waals surface area (Å²) in [6.07, 6.45) is 1.77. The Balaban J connectivity index is 1.84. The molecule has 2 aromatic carbocycles. The lowest BCUT2D eigenvalue weighted by molar-refractivity contribution is -0.118. The molecular formula is C23H22N4O5S. The van der Waals surface area contributed by atoms with Crippen molar-refractivity contribution in [3.63, 3.8) is 0 Å². The number of aromatic amines is 1. The predicted octanol–water partition coefficient (Wildman–Crippen LogP) is 3.46. The number of amides is 1. The molecule has 0 fully saturated rings. The first kappa shape index (κ1) is 23.7. The summed E-state index contributed by atoms with van der Waals surface area (Å²) < 4.78 is 16.6. The Morgan fingerprint density at radius 1 is 1.18 bits per heavy atom. The lowest BCUT2D eigenvalue weighted by Gasteiger charge is -2.14. The summed E-state index contributed by atoms with van der Waals surface area (Å²) in [5, 5.41) is 12.6. The molecule has 0 spiro atoms. The first-order chi connectivity index (χ1) is 16.0. The maximum Gasteiger partial charge on any atom is 0.270 e. The number of rotatable bonds is 9. The van der Waals surface area contributed by atoms with Gasteiger partial charge in [-0.05, 0) is 43.5 Å². The number of anilines is 1. The fourth-order valence-electron chi connectivity index (χ4n) is 2.98. The van der Waals surface area contributed by atoms with Crippen LogP contribution < -0.4 is 25.1 Å². The zero-order valence-electron chi connectivity index (χ0n) is 18.3. The third-order valence-electron chi connectivity index (χ3n) is 4.46. The van der Waals surface area contributed by atoms with Crippen molar-refractivity contribution in [1.29, 1.82) is 5.26 Å². The van der Waals surface area contributed by atoms with Gasteiger partial charge in [0.25, 0.3) is 11.5 Å². The number of nitrogens with zero attached hydrogens (tertiary/aromatic N) is 2. The van der Waals surface area contributed by atoms with E-state index in [-0.39, 0.29) is 23.8 Å². The van der Waals surface area contributed by atoms with Crippen molar-refractivity contribution in [3.8, 4) is 34.6 Å². The highest BCUT2D eigenvalue weighted by Gasteiger charge is 2.17. The molecule has 0 saturated heterocycles. The normalized spacial score (nSPS) is 10.2. The van der Waals surface area contributed by atoms with E-state index in [1.807, 2.05) is 13.0 Å². The molecule has 0 saturated carbocycles. The first-order valence-corrected chi connectivity index (χ1v) is 11.1. The van der Waals surface area contributed by atoms with E-state index in [2.05, 4.69) is 15.3 Å². The third-order valence-corrected chi connectivity index (χ3v) is 5.04. The molecule has 170 valence electrons. The van der Waals surface area contributed by atoms with Crippen molar-refractivity contribution >= 4 is 23.4 Å². The van der Waals surface area contributed by atoms with Crippen LogP contribution in [0.4, 0.5) is 5.69 Å². The van der Waals surface area contributed by atoms with Gasteiger partial charge in [0.1, 0.15) is 17.4 Å². The average molecular weight is 467 g/mol. The molecular weight excluding hydrogens is 444 g/mol. The van der Waals surface area contributed by atoms with Crippen LogP contribution in [0.2, 0.25) is 0 Å². The van der Waals surface area contributed by atoms with E-state index in [0.29, 0.717) is 40.3 Å². The molecule has 3 aromatic rings. The van der Waals surface area contributed by atoms with E-state index in [1.165, 1.54) is 18.9 Å². The number of nitriles is 1. The van der Waals surface area contributed by atoms with Crippen molar-refractivity contribution in [3.05, 3.63) is 58.4 Å². The monoisotopic (exact) mass is 466 g/mol. The first-order valence-electron chi connectivity index (χ1n) is 9.92. The van der Waals surface area contributed by atoms with E-state index in [1.54, 1.807) is 48.7 Å². The van der Waals surface area contributed by atoms with Gasteiger partial charge in [0, 0.05) is 5.56 Å². The fraction of sp³-hybridized carbons (Fsp3) is 0.217. The number of nitrogens with one attached hydrogen (secondary N) is 2. The van der Waals surface area contributed by atoms with Gasteiger partial charge in [-0.25, -0.2) is 4.98 Å². The number of H-pyrrole nitrogens is 1. The van der Waals surface area contributed by atoms with E-state index in [0.717, 1.165) is 0 Å². The summed E-state index contributed by atoms with van der Waals surface area (Å²) in [6.45, 7) is 1.89. The minimum absolute atomic E-state index is 0.0971. The smallest absolute Gasteiger partial charge is 0.270 e. The Morgan fingerprint density at radius 2 is 1.97 bits per heavy atom. The van der Waals surface area contributed by atoms with Gasteiger partial charge in [-0.3, -0.25) is 9.59 Å². The summed E-state index contributed by atoms with van der Waals surface area (Å²) in [6, 6.07) is 13.8. The molecule has 0 bridgehead atoms. The van der Waals surface area contributed by atoms with Gasteiger partial charge in [-0.2, -0.15) is 5.26 Å². The second-order valence-electron chi connectivity index (χ2n) is 6.54. The lowest BCUT2D eigenvalue weighted by atomic mass is 10.1. The van der Waals surface area contributed by atoms with Crippen LogP contribution in [0, 0.1) is 11.3 Å². The number of carbonyl (C=O) groups excluding carboxylic acids is 1. The summed E-state index contributed by atoms with van der Waals surface area (Å²) >= 11 is 1.26. The maximum atomic E-state index is 12.4. The molecule has 1 amide bonds. The molecule has 2 N–H and O–H groups in total. The van der Waals surface area contributed by atoms with Crippen LogP contribution in [0.3, 0.4) is 0 Å². The molecule has 0 aliphatic rings. The Kier molecular flexibility index (Phi) is 7.94. The fourth-order valence-corrected chi connectivity index (χ4v) is 3.36. The maximum absolute atomic E-state index is 12.4. The number of para-hydroxylation sites is 2. The van der Waals surface area contributed by atoms with Crippen molar-refractivity contribution in [2.75, 3.05) is 31.9 Å². The molecule has 9 nitrogen and oxygen atoms in total. The molecule has 0 unspecified atom stereocenters. The molecule has 1 aromatic heterocycles. The Bertz CT molecular complexity index is 1250. The number of aromatic nitrogens is 2. The highest BCUT2D eigenvalue weighted by Crippen LogP contribution is 2.33. The molecule has 0 atom stereocenters. The number of hydrogen-bond donors (Lipinski definition) is 2. The van der Waals surface area contributed by atoms with Crippen LogP contribution in [-0.4, -0.2) is 42.5 Å². The summed E-state index contributed by atoms with van der Waals surface area (Å²) in [7, 11) is 1.52. The van der Waals surface area contributed by atoms with E-state index < -0.39 is 5.56 Å².